The summed E-state index contributed by atoms with van der Waals surface area (Å²) in [6.45, 7) is -2.75. The molecule has 0 radical (unpaired) electrons. The first-order valence-electron chi connectivity index (χ1n) is 8.31. The van der Waals surface area contributed by atoms with Crippen molar-refractivity contribution in [3.05, 3.63) is 53.6 Å². The van der Waals surface area contributed by atoms with Crippen LogP contribution in [0.3, 0.4) is 0 Å². The summed E-state index contributed by atoms with van der Waals surface area (Å²) in [5.74, 6) is -0.324. The molecule has 0 heterocycles. The highest BCUT2D eigenvalue weighted by Gasteiger charge is 2.15. The van der Waals surface area contributed by atoms with Crippen molar-refractivity contribution in [3.63, 3.8) is 0 Å². The first kappa shape index (κ1) is 22.5. The Balaban J connectivity index is 1.96. The zero-order valence-corrected chi connectivity index (χ0v) is 16.5. The number of benzene rings is 2. The Labute approximate surface area is 166 Å². The van der Waals surface area contributed by atoms with Gasteiger partial charge in [0.05, 0.1) is 19.1 Å². The van der Waals surface area contributed by atoms with Crippen molar-refractivity contribution in [2.24, 2.45) is 0 Å². The number of carbonyl (C=O) groups is 1. The molecular weight excluding hydrogens is 410 g/mol. The molecule has 158 valence electrons. The Hall–Kier alpha value is -2.76. The van der Waals surface area contributed by atoms with E-state index in [0.29, 0.717) is 12.0 Å². The van der Waals surface area contributed by atoms with Crippen LogP contribution in [0.25, 0.3) is 0 Å². The van der Waals surface area contributed by atoms with Crippen LogP contribution in [0, 0.1) is 0 Å². The van der Waals surface area contributed by atoms with E-state index in [2.05, 4.69) is 14.9 Å². The van der Waals surface area contributed by atoms with E-state index in [1.807, 2.05) is 4.89 Å². The standard InChI is InChI=1S/C18H20F2N2O6S/c1-26-15-8-3-12(11-16(15)28-18(19)20)9-10-21-17(23)13-4-6-14(7-5-13)29(24,25)22-27-2/h3-8,11,18,22H,9-10H2,1-2H3,(H,21,23). The maximum absolute atomic E-state index is 12.5. The highest BCUT2D eigenvalue weighted by Crippen LogP contribution is 2.29. The van der Waals surface area contributed by atoms with Gasteiger partial charge in [0.15, 0.2) is 11.5 Å². The minimum absolute atomic E-state index is 0.0549. The summed E-state index contributed by atoms with van der Waals surface area (Å²) in [4.78, 5) is 18.4. The molecule has 0 saturated carbocycles. The third-order valence-electron chi connectivity index (χ3n) is 3.76. The third kappa shape index (κ3) is 6.38. The molecule has 11 heteroatoms. The van der Waals surface area contributed by atoms with Gasteiger partial charge in [-0.3, -0.25) is 9.63 Å². The number of rotatable bonds is 10. The fourth-order valence-electron chi connectivity index (χ4n) is 2.43. The van der Waals surface area contributed by atoms with Crippen LogP contribution in [0.5, 0.6) is 11.5 Å². The molecule has 0 aromatic heterocycles. The van der Waals surface area contributed by atoms with Gasteiger partial charge in [-0.25, -0.2) is 8.42 Å². The average molecular weight is 430 g/mol. The van der Waals surface area contributed by atoms with Crippen LogP contribution < -0.4 is 19.7 Å². The lowest BCUT2D eigenvalue weighted by atomic mass is 10.1. The lowest BCUT2D eigenvalue weighted by molar-refractivity contribution is -0.0512. The maximum atomic E-state index is 12.5. The lowest BCUT2D eigenvalue weighted by Gasteiger charge is -2.12. The molecule has 0 aliphatic carbocycles. The van der Waals surface area contributed by atoms with E-state index in [1.165, 1.54) is 50.6 Å². The molecule has 0 aliphatic rings. The number of halogens is 2. The quantitative estimate of drug-likeness (QED) is 0.560. The average Bonchev–Trinajstić information content (AvgIpc) is 2.68. The van der Waals surface area contributed by atoms with Crippen LogP contribution in [0.4, 0.5) is 8.78 Å². The van der Waals surface area contributed by atoms with Gasteiger partial charge in [-0.05, 0) is 48.4 Å². The Bertz CT molecular complexity index is 936. The molecule has 29 heavy (non-hydrogen) atoms. The third-order valence-corrected chi connectivity index (χ3v) is 5.04. The van der Waals surface area contributed by atoms with E-state index in [1.54, 1.807) is 6.07 Å². The van der Waals surface area contributed by atoms with Gasteiger partial charge in [0.1, 0.15) is 0 Å². The summed E-state index contributed by atoms with van der Waals surface area (Å²) in [7, 11) is -1.29. The summed E-state index contributed by atoms with van der Waals surface area (Å²) in [6, 6.07) is 9.86. The molecule has 0 saturated heterocycles. The zero-order chi connectivity index (χ0) is 21.4. The highest BCUT2D eigenvalue weighted by molar-refractivity contribution is 7.89. The van der Waals surface area contributed by atoms with Crippen LogP contribution >= 0.6 is 0 Å². The van der Waals surface area contributed by atoms with E-state index in [-0.39, 0.29) is 28.5 Å². The zero-order valence-electron chi connectivity index (χ0n) is 15.6. The highest BCUT2D eigenvalue weighted by atomic mass is 32.2. The molecule has 2 aromatic carbocycles. The SMILES string of the molecule is CONS(=O)(=O)c1ccc(C(=O)NCCc2ccc(OC)c(OC(F)F)c2)cc1. The maximum Gasteiger partial charge on any atom is 0.387 e. The molecule has 0 spiro atoms. The smallest absolute Gasteiger partial charge is 0.387 e. The molecular formula is C18H20F2N2O6S. The second-order valence-corrected chi connectivity index (χ2v) is 7.33. The molecule has 0 fully saturated rings. The van der Waals surface area contributed by atoms with E-state index >= 15 is 0 Å². The lowest BCUT2D eigenvalue weighted by Crippen LogP contribution is -2.26. The molecule has 2 aromatic rings. The number of amides is 1. The van der Waals surface area contributed by atoms with Crippen LogP contribution in [-0.4, -0.2) is 41.7 Å². The largest absolute Gasteiger partial charge is 0.493 e. The van der Waals surface area contributed by atoms with E-state index in [4.69, 9.17) is 4.74 Å². The molecule has 0 bridgehead atoms. The number of carbonyl (C=O) groups excluding carboxylic acids is 1. The summed E-state index contributed by atoms with van der Waals surface area (Å²) in [5, 5.41) is 2.67. The normalized spacial score (nSPS) is 11.3. The molecule has 1 amide bonds. The first-order chi connectivity index (χ1) is 13.8. The van der Waals surface area contributed by atoms with Crippen molar-refractivity contribution < 1.29 is 36.3 Å². The van der Waals surface area contributed by atoms with Gasteiger partial charge in [0, 0.05) is 12.1 Å². The number of hydrogen-bond donors (Lipinski definition) is 2. The molecule has 2 rings (SSSR count). The van der Waals surface area contributed by atoms with Crippen LogP contribution in [0.15, 0.2) is 47.4 Å². The second-order valence-electron chi connectivity index (χ2n) is 5.68. The van der Waals surface area contributed by atoms with Crippen LogP contribution in [0.1, 0.15) is 15.9 Å². The van der Waals surface area contributed by atoms with Gasteiger partial charge < -0.3 is 14.8 Å². The van der Waals surface area contributed by atoms with Gasteiger partial charge >= 0.3 is 6.61 Å². The first-order valence-corrected chi connectivity index (χ1v) is 9.80. The van der Waals surface area contributed by atoms with E-state index < -0.39 is 22.5 Å². The number of alkyl halides is 2. The minimum atomic E-state index is -3.80. The molecule has 8 nitrogen and oxygen atoms in total. The van der Waals surface area contributed by atoms with Crippen molar-refractivity contribution in [2.45, 2.75) is 17.9 Å². The van der Waals surface area contributed by atoms with Crippen molar-refractivity contribution >= 4 is 15.9 Å². The minimum Gasteiger partial charge on any atom is -0.493 e. The van der Waals surface area contributed by atoms with Gasteiger partial charge in [-0.2, -0.15) is 8.78 Å². The number of ether oxygens (including phenoxy) is 2. The topological polar surface area (TPSA) is 103 Å². The predicted molar refractivity (Wildman–Crippen MR) is 99.4 cm³/mol. The number of methoxy groups -OCH3 is 1. The van der Waals surface area contributed by atoms with Gasteiger partial charge in [0.25, 0.3) is 15.9 Å². The Kier molecular flexibility index (Phi) is 7.88. The summed E-state index contributed by atoms with van der Waals surface area (Å²) < 4.78 is 57.9. The fraction of sp³-hybridized carbons (Fsp3) is 0.278. The van der Waals surface area contributed by atoms with E-state index in [0.717, 1.165) is 0 Å². The van der Waals surface area contributed by atoms with Crippen LogP contribution in [-0.2, 0) is 21.3 Å². The van der Waals surface area contributed by atoms with Gasteiger partial charge in [0.2, 0.25) is 0 Å². The van der Waals surface area contributed by atoms with Crippen LogP contribution in [0.2, 0.25) is 0 Å². The predicted octanol–water partition coefficient (Wildman–Crippen LogP) is 2.11. The summed E-state index contributed by atoms with van der Waals surface area (Å²) in [6.07, 6.45) is 0.361. The Morgan fingerprint density at radius 1 is 1.07 bits per heavy atom. The van der Waals surface area contributed by atoms with Crippen molar-refractivity contribution in [1.29, 1.82) is 0 Å². The molecule has 0 unspecified atom stereocenters. The Morgan fingerprint density at radius 2 is 1.76 bits per heavy atom. The molecule has 2 N–H and O–H groups in total. The summed E-state index contributed by atoms with van der Waals surface area (Å²) >= 11 is 0. The number of sulfonamides is 1. The monoisotopic (exact) mass is 430 g/mol. The van der Waals surface area contributed by atoms with Gasteiger partial charge in [-0.1, -0.05) is 11.0 Å². The molecule has 0 aliphatic heterocycles. The van der Waals surface area contributed by atoms with Gasteiger partial charge in [-0.15, -0.1) is 0 Å². The number of hydrogen-bond acceptors (Lipinski definition) is 6. The second kappa shape index (κ2) is 10.1. The fourth-order valence-corrected chi connectivity index (χ4v) is 3.24. The Morgan fingerprint density at radius 3 is 2.34 bits per heavy atom. The number of nitrogens with one attached hydrogen (secondary N) is 2. The summed E-state index contributed by atoms with van der Waals surface area (Å²) in [5.41, 5.74) is 0.923. The van der Waals surface area contributed by atoms with Crippen molar-refractivity contribution in [3.8, 4) is 11.5 Å². The van der Waals surface area contributed by atoms with E-state index in [9.17, 15) is 22.0 Å². The van der Waals surface area contributed by atoms with Crippen molar-refractivity contribution in [2.75, 3.05) is 20.8 Å². The molecule has 0 atom stereocenters. The van der Waals surface area contributed by atoms with Crippen molar-refractivity contribution in [1.82, 2.24) is 10.2 Å².